The number of nitrogens with zero attached hydrogens (tertiary/aromatic N) is 1. The van der Waals surface area contributed by atoms with E-state index < -0.39 is 25.3 Å². The molecule has 24 heavy (non-hydrogen) atoms. The Bertz CT molecular complexity index is 698. The van der Waals surface area contributed by atoms with Gasteiger partial charge in [-0.15, -0.1) is 0 Å². The Morgan fingerprint density at radius 1 is 1.33 bits per heavy atom. The van der Waals surface area contributed by atoms with E-state index >= 15 is 0 Å². The fourth-order valence-corrected chi connectivity index (χ4v) is 2.08. The van der Waals surface area contributed by atoms with Crippen LogP contribution in [0.5, 0.6) is 5.88 Å². The zero-order valence-electron chi connectivity index (χ0n) is 12.9. The van der Waals surface area contributed by atoms with E-state index in [-0.39, 0.29) is 5.88 Å². The minimum Gasteiger partial charge on any atom is -0.417 e. The summed E-state index contributed by atoms with van der Waals surface area (Å²) in [7, 11) is 0. The van der Waals surface area contributed by atoms with Crippen molar-refractivity contribution < 1.29 is 23.4 Å². The Balaban J connectivity index is 2.04. The van der Waals surface area contributed by atoms with Crippen LogP contribution in [0.15, 0.2) is 42.6 Å². The number of hydrogen-bond donors (Lipinski definition) is 3. The normalized spacial score (nSPS) is 11.9. The summed E-state index contributed by atoms with van der Waals surface area (Å²) in [6.07, 6.45) is 1.26. The largest absolute Gasteiger partial charge is 0.417 e. The second kappa shape index (κ2) is 8.21. The van der Waals surface area contributed by atoms with Crippen LogP contribution in [0.4, 0.5) is 19.3 Å². The average Bonchev–Trinajstić information content (AvgIpc) is 2.52. The zero-order valence-corrected chi connectivity index (χ0v) is 12.9. The molecule has 128 valence electrons. The van der Waals surface area contributed by atoms with Gasteiger partial charge in [0.1, 0.15) is 0 Å². The maximum atomic E-state index is 12.2. The third kappa shape index (κ3) is 5.17. The molecule has 6 nitrogen and oxygen atoms in total. The van der Waals surface area contributed by atoms with Crippen LogP contribution in [-0.4, -0.2) is 29.3 Å². The quantitative estimate of drug-likeness (QED) is 0.757. The molecule has 1 aromatic heterocycles. The van der Waals surface area contributed by atoms with Crippen molar-refractivity contribution in [1.82, 2.24) is 10.3 Å². The molecule has 2 amide bonds. The Morgan fingerprint density at radius 3 is 2.79 bits per heavy atom. The van der Waals surface area contributed by atoms with E-state index in [1.807, 2.05) is 13.0 Å². The lowest BCUT2D eigenvalue weighted by Crippen LogP contribution is -2.34. The molecule has 2 rings (SSSR count). The number of alkyl halides is 2. The van der Waals surface area contributed by atoms with Crippen LogP contribution in [-0.2, 0) is 0 Å². The van der Waals surface area contributed by atoms with Crippen LogP contribution in [0.1, 0.15) is 17.2 Å². The van der Waals surface area contributed by atoms with Crippen LogP contribution in [0.25, 0.3) is 0 Å². The summed E-state index contributed by atoms with van der Waals surface area (Å²) in [4.78, 5) is 15.7. The van der Waals surface area contributed by atoms with Gasteiger partial charge in [-0.1, -0.05) is 12.1 Å². The van der Waals surface area contributed by atoms with Gasteiger partial charge >= 0.3 is 12.6 Å². The summed E-state index contributed by atoms with van der Waals surface area (Å²) in [5, 5.41) is 14.7. The van der Waals surface area contributed by atoms with Gasteiger partial charge in [0.25, 0.3) is 0 Å². The molecule has 0 bridgehead atoms. The predicted octanol–water partition coefficient (Wildman–Crippen LogP) is 2.85. The van der Waals surface area contributed by atoms with Crippen molar-refractivity contribution in [2.24, 2.45) is 0 Å². The number of urea groups is 1. The lowest BCUT2D eigenvalue weighted by Gasteiger charge is -2.18. The van der Waals surface area contributed by atoms with E-state index in [0.29, 0.717) is 11.3 Å². The number of nitrogens with one attached hydrogen (secondary N) is 2. The molecule has 0 fully saturated rings. The SMILES string of the molecule is Cc1cccc(NC(=O)N[C@@H](CO)c2ccnc(OC(F)F)c2)c1. The summed E-state index contributed by atoms with van der Waals surface area (Å²) in [5.74, 6) is -0.290. The van der Waals surface area contributed by atoms with Gasteiger partial charge < -0.3 is 20.5 Å². The molecule has 1 heterocycles. The van der Waals surface area contributed by atoms with E-state index in [2.05, 4.69) is 20.4 Å². The number of anilines is 1. The number of carbonyl (C=O) groups excluding carboxylic acids is 1. The molecule has 1 aromatic carbocycles. The van der Waals surface area contributed by atoms with Crippen LogP contribution in [0, 0.1) is 6.92 Å². The first-order valence-electron chi connectivity index (χ1n) is 7.13. The molecule has 2 aromatic rings. The number of aromatic nitrogens is 1. The van der Waals surface area contributed by atoms with Crippen LogP contribution >= 0.6 is 0 Å². The molecule has 0 aliphatic carbocycles. The Morgan fingerprint density at radius 2 is 2.12 bits per heavy atom. The van der Waals surface area contributed by atoms with Crippen molar-refractivity contribution in [3.63, 3.8) is 0 Å². The number of benzene rings is 1. The summed E-state index contributed by atoms with van der Waals surface area (Å²) >= 11 is 0. The lowest BCUT2D eigenvalue weighted by atomic mass is 10.1. The minimum atomic E-state index is -3.00. The highest BCUT2D eigenvalue weighted by Gasteiger charge is 2.16. The maximum Gasteiger partial charge on any atom is 0.388 e. The minimum absolute atomic E-state index is 0.290. The average molecular weight is 337 g/mol. The number of aliphatic hydroxyl groups excluding tert-OH is 1. The van der Waals surface area contributed by atoms with Crippen LogP contribution in [0.2, 0.25) is 0 Å². The molecule has 0 saturated carbocycles. The number of rotatable bonds is 6. The van der Waals surface area contributed by atoms with Gasteiger partial charge in [-0.3, -0.25) is 0 Å². The zero-order chi connectivity index (χ0) is 17.5. The van der Waals surface area contributed by atoms with Gasteiger partial charge in [0.15, 0.2) is 0 Å². The fraction of sp³-hybridized carbons (Fsp3) is 0.250. The monoisotopic (exact) mass is 337 g/mol. The second-order valence-electron chi connectivity index (χ2n) is 5.01. The van der Waals surface area contributed by atoms with Gasteiger partial charge in [0.05, 0.1) is 12.6 Å². The molecule has 1 atom stereocenters. The number of pyridine rings is 1. The van der Waals surface area contributed by atoms with Crippen LogP contribution < -0.4 is 15.4 Å². The first-order chi connectivity index (χ1) is 11.5. The van der Waals surface area contributed by atoms with Crippen molar-refractivity contribution in [2.45, 2.75) is 19.6 Å². The van der Waals surface area contributed by atoms with Crippen molar-refractivity contribution in [2.75, 3.05) is 11.9 Å². The Kier molecular flexibility index (Phi) is 6.02. The smallest absolute Gasteiger partial charge is 0.388 e. The Labute approximate surface area is 137 Å². The number of amides is 2. The number of hydrogen-bond acceptors (Lipinski definition) is 4. The molecule has 0 radical (unpaired) electrons. The predicted molar refractivity (Wildman–Crippen MR) is 84.0 cm³/mol. The van der Waals surface area contributed by atoms with E-state index in [1.165, 1.54) is 18.3 Å². The Hall–Kier alpha value is -2.74. The molecule has 0 aliphatic rings. The number of carbonyl (C=O) groups is 1. The number of ether oxygens (including phenoxy) is 1. The highest BCUT2D eigenvalue weighted by Crippen LogP contribution is 2.18. The standard InChI is InChI=1S/C16H17F2N3O3/c1-10-3-2-4-12(7-10)20-16(23)21-13(9-22)11-5-6-19-14(8-11)24-15(17)18/h2-8,13,15,22H,9H2,1H3,(H2,20,21,23)/t13-/m0/s1. The van der Waals surface area contributed by atoms with Crippen molar-refractivity contribution in [3.05, 3.63) is 53.7 Å². The number of aryl methyl sites for hydroxylation is 1. The van der Waals surface area contributed by atoms with Crippen molar-refractivity contribution in [3.8, 4) is 5.88 Å². The van der Waals surface area contributed by atoms with Gasteiger partial charge in [0, 0.05) is 18.0 Å². The lowest BCUT2D eigenvalue weighted by molar-refractivity contribution is -0.0529. The van der Waals surface area contributed by atoms with Crippen LogP contribution in [0.3, 0.4) is 0 Å². The molecular formula is C16H17F2N3O3. The van der Waals surface area contributed by atoms with Gasteiger partial charge in [-0.05, 0) is 36.2 Å². The first kappa shape index (κ1) is 17.6. The highest BCUT2D eigenvalue weighted by molar-refractivity contribution is 5.89. The third-order valence-corrected chi connectivity index (χ3v) is 3.13. The fourth-order valence-electron chi connectivity index (χ4n) is 2.08. The molecular weight excluding hydrogens is 320 g/mol. The first-order valence-corrected chi connectivity index (χ1v) is 7.13. The molecule has 0 unspecified atom stereocenters. The van der Waals surface area contributed by atoms with Gasteiger partial charge in [-0.25, -0.2) is 9.78 Å². The second-order valence-corrected chi connectivity index (χ2v) is 5.01. The van der Waals surface area contributed by atoms with E-state index in [9.17, 15) is 18.7 Å². The third-order valence-electron chi connectivity index (χ3n) is 3.13. The number of halogens is 2. The topological polar surface area (TPSA) is 83.5 Å². The van der Waals surface area contributed by atoms with E-state index in [0.717, 1.165) is 5.56 Å². The molecule has 8 heteroatoms. The van der Waals surface area contributed by atoms with Crippen molar-refractivity contribution >= 4 is 11.7 Å². The van der Waals surface area contributed by atoms with Gasteiger partial charge in [-0.2, -0.15) is 8.78 Å². The summed E-state index contributed by atoms with van der Waals surface area (Å²) in [5.41, 5.74) is 1.97. The summed E-state index contributed by atoms with van der Waals surface area (Å²) in [6.45, 7) is -1.53. The van der Waals surface area contributed by atoms with Gasteiger partial charge in [0.2, 0.25) is 5.88 Å². The summed E-state index contributed by atoms with van der Waals surface area (Å²) < 4.78 is 28.7. The summed E-state index contributed by atoms with van der Waals surface area (Å²) in [6, 6.07) is 8.60. The van der Waals surface area contributed by atoms with Crippen molar-refractivity contribution in [1.29, 1.82) is 0 Å². The highest BCUT2D eigenvalue weighted by atomic mass is 19.3. The maximum absolute atomic E-state index is 12.2. The van der Waals surface area contributed by atoms with E-state index in [1.54, 1.807) is 18.2 Å². The molecule has 0 saturated heterocycles. The molecule has 0 spiro atoms. The van der Waals surface area contributed by atoms with E-state index in [4.69, 9.17) is 0 Å². The number of aliphatic hydroxyl groups is 1. The molecule has 0 aliphatic heterocycles. The molecule has 3 N–H and O–H groups in total.